The molecule has 2 aromatic rings. The Bertz CT molecular complexity index is 531. The first-order valence-electron chi connectivity index (χ1n) is 6.46. The lowest BCUT2D eigenvalue weighted by atomic mass is 10.1. The summed E-state index contributed by atoms with van der Waals surface area (Å²) in [5.74, 6) is 1.37. The van der Waals surface area contributed by atoms with Crippen molar-refractivity contribution in [2.75, 3.05) is 0 Å². The van der Waals surface area contributed by atoms with Crippen LogP contribution in [-0.4, -0.2) is 11.0 Å². The SMILES string of the molecule is Cc1nc(CNC(C)Cc2ccccc2F)oc1C. The molecule has 0 aliphatic rings. The first kappa shape index (κ1) is 13.7. The van der Waals surface area contributed by atoms with Crippen molar-refractivity contribution in [2.45, 2.75) is 39.8 Å². The summed E-state index contributed by atoms with van der Waals surface area (Å²) in [6.07, 6.45) is 0.644. The van der Waals surface area contributed by atoms with E-state index in [4.69, 9.17) is 4.42 Å². The van der Waals surface area contributed by atoms with E-state index in [9.17, 15) is 4.39 Å². The molecule has 1 aromatic carbocycles. The number of aromatic nitrogens is 1. The Hall–Kier alpha value is -1.68. The van der Waals surface area contributed by atoms with E-state index in [1.165, 1.54) is 6.07 Å². The van der Waals surface area contributed by atoms with Gasteiger partial charge in [-0.2, -0.15) is 0 Å². The van der Waals surface area contributed by atoms with Crippen LogP contribution in [-0.2, 0) is 13.0 Å². The fourth-order valence-corrected chi connectivity index (χ4v) is 1.94. The van der Waals surface area contributed by atoms with E-state index in [0.717, 1.165) is 17.0 Å². The number of aryl methyl sites for hydroxylation is 2. The second-order valence-corrected chi connectivity index (χ2v) is 4.83. The summed E-state index contributed by atoms with van der Waals surface area (Å²) >= 11 is 0. The van der Waals surface area contributed by atoms with Gasteiger partial charge >= 0.3 is 0 Å². The molecule has 0 saturated carbocycles. The maximum Gasteiger partial charge on any atom is 0.208 e. The molecular formula is C15H19FN2O. The van der Waals surface area contributed by atoms with Crippen molar-refractivity contribution in [1.82, 2.24) is 10.3 Å². The van der Waals surface area contributed by atoms with Crippen LogP contribution in [0, 0.1) is 19.7 Å². The van der Waals surface area contributed by atoms with Gasteiger partial charge in [-0.3, -0.25) is 0 Å². The molecule has 3 nitrogen and oxygen atoms in total. The third kappa shape index (κ3) is 3.64. The highest BCUT2D eigenvalue weighted by Gasteiger charge is 2.09. The molecule has 1 aromatic heterocycles. The molecule has 1 heterocycles. The fourth-order valence-electron chi connectivity index (χ4n) is 1.94. The first-order chi connectivity index (χ1) is 9.06. The number of nitrogens with one attached hydrogen (secondary N) is 1. The van der Waals surface area contributed by atoms with E-state index < -0.39 is 0 Å². The zero-order chi connectivity index (χ0) is 13.8. The van der Waals surface area contributed by atoms with Crippen LogP contribution < -0.4 is 5.32 Å². The molecule has 0 aliphatic carbocycles. The number of halogens is 1. The first-order valence-corrected chi connectivity index (χ1v) is 6.46. The number of benzene rings is 1. The predicted molar refractivity (Wildman–Crippen MR) is 72.4 cm³/mol. The Kier molecular flexibility index (Phi) is 4.32. The molecule has 1 atom stereocenters. The lowest BCUT2D eigenvalue weighted by Crippen LogP contribution is -2.28. The highest BCUT2D eigenvalue weighted by Crippen LogP contribution is 2.11. The number of nitrogens with zero attached hydrogens (tertiary/aromatic N) is 1. The summed E-state index contributed by atoms with van der Waals surface area (Å²) < 4.78 is 19.0. The van der Waals surface area contributed by atoms with Crippen LogP contribution >= 0.6 is 0 Å². The quantitative estimate of drug-likeness (QED) is 0.899. The minimum absolute atomic E-state index is 0.154. The summed E-state index contributed by atoms with van der Waals surface area (Å²) in [6.45, 7) is 6.40. The number of rotatable bonds is 5. The molecule has 0 aliphatic heterocycles. The largest absolute Gasteiger partial charge is 0.444 e. The maximum atomic E-state index is 13.5. The highest BCUT2D eigenvalue weighted by atomic mass is 19.1. The lowest BCUT2D eigenvalue weighted by Gasteiger charge is -2.12. The molecule has 1 unspecified atom stereocenters. The summed E-state index contributed by atoms with van der Waals surface area (Å²) in [6, 6.07) is 7.01. The van der Waals surface area contributed by atoms with Crippen molar-refractivity contribution >= 4 is 0 Å². The predicted octanol–water partition coefficient (Wildman–Crippen LogP) is 3.15. The molecule has 102 valence electrons. The Morgan fingerprint density at radius 2 is 2.05 bits per heavy atom. The summed E-state index contributed by atoms with van der Waals surface area (Å²) in [4.78, 5) is 4.30. The second kappa shape index (κ2) is 5.97. The van der Waals surface area contributed by atoms with Crippen molar-refractivity contribution in [2.24, 2.45) is 0 Å². The number of hydrogen-bond donors (Lipinski definition) is 1. The smallest absolute Gasteiger partial charge is 0.208 e. The van der Waals surface area contributed by atoms with Crippen LogP contribution in [0.15, 0.2) is 28.7 Å². The summed E-state index contributed by atoms with van der Waals surface area (Å²) in [5, 5.41) is 3.29. The molecule has 1 N–H and O–H groups in total. The molecule has 0 amide bonds. The molecule has 0 spiro atoms. The van der Waals surface area contributed by atoms with Crippen LogP contribution in [0.5, 0.6) is 0 Å². The van der Waals surface area contributed by atoms with Gasteiger partial charge in [-0.05, 0) is 38.8 Å². The molecule has 4 heteroatoms. The van der Waals surface area contributed by atoms with E-state index in [1.807, 2.05) is 32.9 Å². The molecular weight excluding hydrogens is 243 g/mol. The zero-order valence-corrected chi connectivity index (χ0v) is 11.5. The van der Waals surface area contributed by atoms with Gasteiger partial charge in [-0.1, -0.05) is 18.2 Å². The Labute approximate surface area is 112 Å². The lowest BCUT2D eigenvalue weighted by molar-refractivity contribution is 0.425. The summed E-state index contributed by atoms with van der Waals surface area (Å²) in [5.41, 5.74) is 1.64. The molecule has 0 radical (unpaired) electrons. The van der Waals surface area contributed by atoms with Crippen LogP contribution in [0.2, 0.25) is 0 Å². The molecule has 0 fully saturated rings. The Balaban J connectivity index is 1.88. The van der Waals surface area contributed by atoms with E-state index >= 15 is 0 Å². The number of hydrogen-bond acceptors (Lipinski definition) is 3. The molecule has 0 bridgehead atoms. The van der Waals surface area contributed by atoms with Crippen molar-refractivity contribution in [3.8, 4) is 0 Å². The third-order valence-corrected chi connectivity index (χ3v) is 3.16. The van der Waals surface area contributed by atoms with E-state index in [2.05, 4.69) is 10.3 Å². The fraction of sp³-hybridized carbons (Fsp3) is 0.400. The van der Waals surface area contributed by atoms with E-state index in [-0.39, 0.29) is 11.9 Å². The van der Waals surface area contributed by atoms with Gasteiger partial charge in [-0.15, -0.1) is 0 Å². The normalized spacial score (nSPS) is 12.6. The van der Waals surface area contributed by atoms with Crippen LogP contribution in [0.4, 0.5) is 4.39 Å². The topological polar surface area (TPSA) is 38.1 Å². The molecule has 2 rings (SSSR count). The van der Waals surface area contributed by atoms with Gasteiger partial charge in [-0.25, -0.2) is 9.37 Å². The standard InChI is InChI=1S/C15H19FN2O/c1-10(8-13-6-4-5-7-14(13)16)17-9-15-18-11(2)12(3)19-15/h4-7,10,17H,8-9H2,1-3H3. The monoisotopic (exact) mass is 262 g/mol. The van der Waals surface area contributed by atoms with E-state index in [0.29, 0.717) is 18.9 Å². The van der Waals surface area contributed by atoms with Gasteiger partial charge in [0, 0.05) is 6.04 Å². The van der Waals surface area contributed by atoms with Crippen molar-refractivity contribution in [3.63, 3.8) is 0 Å². The highest BCUT2D eigenvalue weighted by molar-refractivity contribution is 5.18. The minimum atomic E-state index is -0.154. The molecule has 19 heavy (non-hydrogen) atoms. The van der Waals surface area contributed by atoms with Crippen molar-refractivity contribution in [1.29, 1.82) is 0 Å². The van der Waals surface area contributed by atoms with Gasteiger partial charge in [0.05, 0.1) is 12.2 Å². The summed E-state index contributed by atoms with van der Waals surface area (Å²) in [7, 11) is 0. The average Bonchev–Trinajstić information content (AvgIpc) is 2.69. The minimum Gasteiger partial charge on any atom is -0.444 e. The van der Waals surface area contributed by atoms with Gasteiger partial charge in [0.1, 0.15) is 11.6 Å². The maximum absolute atomic E-state index is 13.5. The molecule has 0 saturated heterocycles. The zero-order valence-electron chi connectivity index (χ0n) is 11.5. The second-order valence-electron chi connectivity index (χ2n) is 4.83. The van der Waals surface area contributed by atoms with Gasteiger partial charge in [0.15, 0.2) is 0 Å². The Morgan fingerprint density at radius 1 is 1.32 bits per heavy atom. The van der Waals surface area contributed by atoms with Gasteiger partial charge in [0.2, 0.25) is 5.89 Å². The van der Waals surface area contributed by atoms with Crippen LogP contribution in [0.1, 0.15) is 29.8 Å². The average molecular weight is 262 g/mol. The van der Waals surface area contributed by atoms with E-state index in [1.54, 1.807) is 6.07 Å². The van der Waals surface area contributed by atoms with Crippen LogP contribution in [0.3, 0.4) is 0 Å². The van der Waals surface area contributed by atoms with Crippen LogP contribution in [0.25, 0.3) is 0 Å². The van der Waals surface area contributed by atoms with Crippen molar-refractivity contribution in [3.05, 3.63) is 53.0 Å². The van der Waals surface area contributed by atoms with Gasteiger partial charge in [0.25, 0.3) is 0 Å². The Morgan fingerprint density at radius 3 is 2.68 bits per heavy atom. The van der Waals surface area contributed by atoms with Gasteiger partial charge < -0.3 is 9.73 Å². The third-order valence-electron chi connectivity index (χ3n) is 3.16. The number of oxazole rings is 1. The van der Waals surface area contributed by atoms with Crippen molar-refractivity contribution < 1.29 is 8.81 Å².